The number of carbonyl (C=O) groups is 1. The molecule has 0 bridgehead atoms. The van der Waals surface area contributed by atoms with Gasteiger partial charge in [0.1, 0.15) is 5.82 Å². The highest BCUT2D eigenvalue weighted by Gasteiger charge is 2.31. The predicted octanol–water partition coefficient (Wildman–Crippen LogP) is 3.81. The summed E-state index contributed by atoms with van der Waals surface area (Å²) in [6.07, 6.45) is -3.17. The van der Waals surface area contributed by atoms with Crippen molar-refractivity contribution >= 4 is 22.6 Å². The zero-order valence-corrected chi connectivity index (χ0v) is 12.6. The lowest BCUT2D eigenvalue weighted by Gasteiger charge is -2.22. The SMILES string of the molecule is NC(=O)N(Cc1ccc(C(F)(F)F)cc1F)c1cccc2[nH]ncc12. The molecule has 0 aliphatic carbocycles. The number of fused-ring (bicyclic) bond motifs is 1. The molecule has 0 radical (unpaired) electrons. The Kier molecular flexibility index (Phi) is 4.07. The Hall–Kier alpha value is -3.10. The number of nitrogens with one attached hydrogen (secondary N) is 1. The number of anilines is 1. The van der Waals surface area contributed by atoms with E-state index in [1.165, 1.54) is 6.20 Å². The summed E-state index contributed by atoms with van der Waals surface area (Å²) in [6, 6.07) is 6.24. The van der Waals surface area contributed by atoms with E-state index in [0.717, 1.165) is 17.0 Å². The number of carbonyl (C=O) groups excluding carboxylic acids is 1. The second-order valence-corrected chi connectivity index (χ2v) is 5.34. The van der Waals surface area contributed by atoms with Crippen molar-refractivity contribution in [1.29, 1.82) is 0 Å². The Morgan fingerprint density at radius 1 is 1.24 bits per heavy atom. The number of urea groups is 1. The summed E-state index contributed by atoms with van der Waals surface area (Å²) in [5.41, 5.74) is 5.20. The van der Waals surface area contributed by atoms with Gasteiger partial charge in [-0.25, -0.2) is 9.18 Å². The molecule has 0 unspecified atom stereocenters. The van der Waals surface area contributed by atoms with Gasteiger partial charge in [-0.2, -0.15) is 18.3 Å². The molecule has 9 heteroatoms. The van der Waals surface area contributed by atoms with E-state index in [0.29, 0.717) is 22.7 Å². The fourth-order valence-electron chi connectivity index (χ4n) is 2.49. The molecule has 2 amide bonds. The smallest absolute Gasteiger partial charge is 0.351 e. The number of hydrogen-bond donors (Lipinski definition) is 2. The molecule has 0 saturated carbocycles. The third-order valence-corrected chi connectivity index (χ3v) is 3.73. The van der Waals surface area contributed by atoms with Crippen LogP contribution in [0.2, 0.25) is 0 Å². The van der Waals surface area contributed by atoms with Gasteiger partial charge in [-0.15, -0.1) is 0 Å². The molecule has 25 heavy (non-hydrogen) atoms. The number of rotatable bonds is 3. The van der Waals surface area contributed by atoms with Gasteiger partial charge in [-0.3, -0.25) is 10.00 Å². The summed E-state index contributed by atoms with van der Waals surface area (Å²) in [5, 5.41) is 7.17. The van der Waals surface area contributed by atoms with Gasteiger partial charge in [0.05, 0.1) is 29.5 Å². The van der Waals surface area contributed by atoms with Crippen molar-refractivity contribution in [3.05, 3.63) is 59.5 Å². The number of aromatic amines is 1. The predicted molar refractivity (Wildman–Crippen MR) is 83.3 cm³/mol. The molecule has 3 rings (SSSR count). The molecule has 0 aliphatic rings. The van der Waals surface area contributed by atoms with Gasteiger partial charge < -0.3 is 5.73 Å². The molecule has 1 aromatic heterocycles. The maximum Gasteiger partial charge on any atom is 0.416 e. The van der Waals surface area contributed by atoms with Crippen LogP contribution in [0.5, 0.6) is 0 Å². The lowest BCUT2D eigenvalue weighted by atomic mass is 10.1. The molecule has 5 nitrogen and oxygen atoms in total. The minimum Gasteiger partial charge on any atom is -0.351 e. The number of aromatic nitrogens is 2. The van der Waals surface area contributed by atoms with Crippen LogP contribution in [0.15, 0.2) is 42.6 Å². The number of alkyl halides is 3. The second kappa shape index (κ2) is 6.08. The third-order valence-electron chi connectivity index (χ3n) is 3.73. The van der Waals surface area contributed by atoms with Crippen LogP contribution in [0.1, 0.15) is 11.1 Å². The molecular formula is C16H12F4N4O. The fourth-order valence-corrected chi connectivity index (χ4v) is 2.49. The second-order valence-electron chi connectivity index (χ2n) is 5.34. The zero-order valence-electron chi connectivity index (χ0n) is 12.6. The third kappa shape index (κ3) is 3.25. The Balaban J connectivity index is 1.99. The number of halogens is 4. The van der Waals surface area contributed by atoms with Crippen LogP contribution < -0.4 is 10.6 Å². The maximum atomic E-state index is 14.1. The van der Waals surface area contributed by atoms with Crippen LogP contribution >= 0.6 is 0 Å². The monoisotopic (exact) mass is 352 g/mol. The highest BCUT2D eigenvalue weighted by Crippen LogP contribution is 2.31. The van der Waals surface area contributed by atoms with E-state index in [2.05, 4.69) is 10.2 Å². The van der Waals surface area contributed by atoms with Gasteiger partial charge in [0.2, 0.25) is 0 Å². The Labute approximate surface area is 139 Å². The summed E-state index contributed by atoms with van der Waals surface area (Å²) in [7, 11) is 0. The van der Waals surface area contributed by atoms with Gasteiger partial charge in [-0.1, -0.05) is 12.1 Å². The molecule has 3 N–H and O–H groups in total. The van der Waals surface area contributed by atoms with E-state index < -0.39 is 23.6 Å². The maximum absolute atomic E-state index is 14.1. The molecular weight excluding hydrogens is 340 g/mol. The summed E-state index contributed by atoms with van der Waals surface area (Å²) in [6.45, 7) is -0.316. The molecule has 0 fully saturated rings. The van der Waals surface area contributed by atoms with E-state index in [4.69, 9.17) is 5.73 Å². The summed E-state index contributed by atoms with van der Waals surface area (Å²) in [4.78, 5) is 12.9. The van der Waals surface area contributed by atoms with Crippen molar-refractivity contribution in [3.8, 4) is 0 Å². The quantitative estimate of drug-likeness (QED) is 0.704. The number of primary amides is 1. The zero-order chi connectivity index (χ0) is 18.2. The Morgan fingerprint density at radius 3 is 2.64 bits per heavy atom. The summed E-state index contributed by atoms with van der Waals surface area (Å²) in [5.74, 6) is -1.07. The number of H-pyrrole nitrogens is 1. The molecule has 2 aromatic carbocycles. The molecule has 0 atom stereocenters. The minimum absolute atomic E-state index is 0.0905. The van der Waals surface area contributed by atoms with E-state index >= 15 is 0 Å². The van der Waals surface area contributed by atoms with Crippen LogP contribution in [0.25, 0.3) is 10.9 Å². The van der Waals surface area contributed by atoms with E-state index in [1.54, 1.807) is 18.2 Å². The number of nitrogens with two attached hydrogens (primary N) is 1. The van der Waals surface area contributed by atoms with E-state index in [9.17, 15) is 22.4 Å². The van der Waals surface area contributed by atoms with Crippen molar-refractivity contribution < 1.29 is 22.4 Å². The van der Waals surface area contributed by atoms with Gasteiger partial charge in [-0.05, 0) is 24.3 Å². The first-order chi connectivity index (χ1) is 11.8. The minimum atomic E-state index is -4.65. The van der Waals surface area contributed by atoms with E-state index in [-0.39, 0.29) is 12.1 Å². The van der Waals surface area contributed by atoms with Crippen LogP contribution in [-0.4, -0.2) is 16.2 Å². The van der Waals surface area contributed by atoms with Crippen LogP contribution in [-0.2, 0) is 12.7 Å². The molecule has 3 aromatic rings. The Morgan fingerprint density at radius 2 is 2.00 bits per heavy atom. The number of nitrogens with zero attached hydrogens (tertiary/aromatic N) is 2. The molecule has 0 saturated heterocycles. The fraction of sp³-hybridized carbons (Fsp3) is 0.125. The van der Waals surface area contributed by atoms with Gasteiger partial charge in [0.15, 0.2) is 0 Å². The van der Waals surface area contributed by atoms with Crippen LogP contribution in [0, 0.1) is 5.82 Å². The van der Waals surface area contributed by atoms with Crippen LogP contribution in [0.3, 0.4) is 0 Å². The topological polar surface area (TPSA) is 75.0 Å². The largest absolute Gasteiger partial charge is 0.416 e. The molecule has 130 valence electrons. The molecule has 1 heterocycles. The standard InChI is InChI=1S/C16H12F4N4O/c17-12-6-10(16(18,19)20)5-4-9(12)8-24(15(21)25)14-3-1-2-13-11(14)7-22-23-13/h1-7H,8H2,(H2,21,25)(H,22,23). The van der Waals surface area contributed by atoms with Gasteiger partial charge in [0.25, 0.3) is 0 Å². The van der Waals surface area contributed by atoms with Crippen LogP contribution in [0.4, 0.5) is 28.0 Å². The number of benzene rings is 2. The van der Waals surface area contributed by atoms with Crippen molar-refractivity contribution in [2.45, 2.75) is 12.7 Å². The number of hydrogen-bond acceptors (Lipinski definition) is 2. The van der Waals surface area contributed by atoms with Crippen molar-refractivity contribution in [1.82, 2.24) is 10.2 Å². The van der Waals surface area contributed by atoms with E-state index in [1.807, 2.05) is 0 Å². The van der Waals surface area contributed by atoms with Crippen molar-refractivity contribution in [2.75, 3.05) is 4.90 Å². The van der Waals surface area contributed by atoms with Gasteiger partial charge in [0, 0.05) is 10.9 Å². The highest BCUT2D eigenvalue weighted by molar-refractivity contribution is 6.01. The average Bonchev–Trinajstić information content (AvgIpc) is 3.01. The first-order valence-corrected chi connectivity index (χ1v) is 7.12. The first kappa shape index (κ1) is 16.7. The lowest BCUT2D eigenvalue weighted by Crippen LogP contribution is -2.35. The van der Waals surface area contributed by atoms with Gasteiger partial charge >= 0.3 is 12.2 Å². The molecule has 0 spiro atoms. The summed E-state index contributed by atoms with van der Waals surface area (Å²) >= 11 is 0. The highest BCUT2D eigenvalue weighted by atomic mass is 19.4. The lowest BCUT2D eigenvalue weighted by molar-refractivity contribution is -0.137. The summed E-state index contributed by atoms with van der Waals surface area (Å²) < 4.78 is 52.0. The number of amides is 2. The Bertz CT molecular complexity index is 935. The van der Waals surface area contributed by atoms with Crippen molar-refractivity contribution in [2.24, 2.45) is 5.73 Å². The van der Waals surface area contributed by atoms with Crippen molar-refractivity contribution in [3.63, 3.8) is 0 Å². The first-order valence-electron chi connectivity index (χ1n) is 7.12. The molecule has 0 aliphatic heterocycles. The average molecular weight is 352 g/mol. The normalized spacial score (nSPS) is 11.7.